The number of benzene rings is 2. The highest BCUT2D eigenvalue weighted by atomic mass is 32.2. The van der Waals surface area contributed by atoms with Crippen molar-refractivity contribution in [3.63, 3.8) is 0 Å². The summed E-state index contributed by atoms with van der Waals surface area (Å²) in [5.41, 5.74) is 3.03. The Labute approximate surface area is 177 Å². The molecule has 5 nitrogen and oxygen atoms in total. The van der Waals surface area contributed by atoms with E-state index in [1.807, 2.05) is 49.4 Å². The van der Waals surface area contributed by atoms with Gasteiger partial charge in [0.25, 0.3) is 5.24 Å². The number of imide groups is 1. The third-order valence-electron chi connectivity index (χ3n) is 4.63. The molecule has 2 amide bonds. The van der Waals surface area contributed by atoms with E-state index in [0.29, 0.717) is 12.3 Å². The third-order valence-corrected chi connectivity index (χ3v) is 6.63. The van der Waals surface area contributed by atoms with Crippen LogP contribution in [0.3, 0.4) is 0 Å². The fraction of sp³-hybridized carbons (Fsp3) is 0.227. The van der Waals surface area contributed by atoms with Crippen LogP contribution in [0.15, 0.2) is 63.9 Å². The number of aromatic nitrogens is 1. The molecule has 1 aliphatic heterocycles. The molecule has 0 radical (unpaired) electrons. The van der Waals surface area contributed by atoms with Crippen molar-refractivity contribution in [3.8, 4) is 11.5 Å². The highest BCUT2D eigenvalue weighted by molar-refractivity contribution is 8.15. The van der Waals surface area contributed by atoms with Gasteiger partial charge in [0.15, 0.2) is 0 Å². The number of oxazole rings is 1. The summed E-state index contributed by atoms with van der Waals surface area (Å²) in [7, 11) is 0. The van der Waals surface area contributed by atoms with Gasteiger partial charge in [-0.1, -0.05) is 42.1 Å². The largest absolute Gasteiger partial charge is 0.441 e. The number of amides is 2. The number of hydrogen-bond donors (Lipinski definition) is 1. The SMILES string of the molecule is Cc1oc(-c2ccccc2)nc1CCSc1ccc(CC2SC(=O)NC2=O)cc1. The van der Waals surface area contributed by atoms with Crippen LogP contribution in [0.1, 0.15) is 17.0 Å². The lowest BCUT2D eigenvalue weighted by Crippen LogP contribution is -2.25. The first-order valence-electron chi connectivity index (χ1n) is 9.33. The van der Waals surface area contributed by atoms with Crippen molar-refractivity contribution >= 4 is 34.7 Å². The maximum Gasteiger partial charge on any atom is 0.286 e. The molecule has 2 heterocycles. The maximum absolute atomic E-state index is 11.7. The van der Waals surface area contributed by atoms with Gasteiger partial charge in [0, 0.05) is 22.6 Å². The summed E-state index contributed by atoms with van der Waals surface area (Å²) in [6.45, 7) is 1.95. The van der Waals surface area contributed by atoms with Crippen molar-refractivity contribution in [2.24, 2.45) is 0 Å². The van der Waals surface area contributed by atoms with Crippen LogP contribution in [0.2, 0.25) is 0 Å². The van der Waals surface area contributed by atoms with Crippen molar-refractivity contribution < 1.29 is 14.0 Å². The van der Waals surface area contributed by atoms with Crippen LogP contribution in [0, 0.1) is 6.92 Å². The molecule has 1 aromatic heterocycles. The zero-order valence-corrected chi connectivity index (χ0v) is 17.5. The Morgan fingerprint density at radius 1 is 1.10 bits per heavy atom. The van der Waals surface area contributed by atoms with E-state index in [9.17, 15) is 9.59 Å². The number of carbonyl (C=O) groups excluding carboxylic acids is 2. The Morgan fingerprint density at radius 2 is 1.86 bits per heavy atom. The van der Waals surface area contributed by atoms with Crippen LogP contribution in [0.4, 0.5) is 4.79 Å². The molecule has 1 saturated heterocycles. The van der Waals surface area contributed by atoms with E-state index >= 15 is 0 Å². The predicted octanol–water partition coefficient (Wildman–Crippen LogP) is 4.88. The van der Waals surface area contributed by atoms with Crippen molar-refractivity contribution in [1.29, 1.82) is 0 Å². The summed E-state index contributed by atoms with van der Waals surface area (Å²) >= 11 is 2.83. The van der Waals surface area contributed by atoms with Crippen LogP contribution < -0.4 is 5.32 Å². The van der Waals surface area contributed by atoms with E-state index in [-0.39, 0.29) is 16.4 Å². The molecule has 4 rings (SSSR count). The molecule has 2 aromatic carbocycles. The molecular formula is C22H20N2O3S2. The number of nitrogens with one attached hydrogen (secondary N) is 1. The van der Waals surface area contributed by atoms with Crippen LogP contribution >= 0.6 is 23.5 Å². The normalized spacial score (nSPS) is 16.2. The molecular weight excluding hydrogens is 404 g/mol. The molecule has 0 spiro atoms. The predicted molar refractivity (Wildman–Crippen MR) is 116 cm³/mol. The van der Waals surface area contributed by atoms with Gasteiger partial charge in [-0.2, -0.15) is 0 Å². The van der Waals surface area contributed by atoms with Gasteiger partial charge in [-0.05, 0) is 43.2 Å². The minimum atomic E-state index is -0.324. The Morgan fingerprint density at radius 3 is 2.55 bits per heavy atom. The second-order valence-electron chi connectivity index (χ2n) is 6.72. The highest BCUT2D eigenvalue weighted by Gasteiger charge is 2.31. The molecule has 148 valence electrons. The molecule has 7 heteroatoms. The Hall–Kier alpha value is -2.51. The second kappa shape index (κ2) is 8.88. The zero-order chi connectivity index (χ0) is 20.2. The summed E-state index contributed by atoms with van der Waals surface area (Å²) in [5.74, 6) is 2.23. The second-order valence-corrected chi connectivity index (χ2v) is 9.06. The van der Waals surface area contributed by atoms with Crippen molar-refractivity contribution in [2.45, 2.75) is 29.9 Å². The Bertz CT molecular complexity index is 1020. The van der Waals surface area contributed by atoms with Crippen molar-refractivity contribution in [2.75, 3.05) is 5.75 Å². The monoisotopic (exact) mass is 424 g/mol. The molecule has 0 aliphatic carbocycles. The number of thioether (sulfide) groups is 2. The van der Waals surface area contributed by atoms with Gasteiger partial charge in [0.1, 0.15) is 5.76 Å². The minimum Gasteiger partial charge on any atom is -0.441 e. The maximum atomic E-state index is 11.7. The van der Waals surface area contributed by atoms with Crippen LogP contribution in [0.5, 0.6) is 0 Å². The fourth-order valence-corrected chi connectivity index (χ4v) is 4.81. The Kier molecular flexibility index (Phi) is 6.06. The quantitative estimate of drug-likeness (QED) is 0.545. The standard InChI is InChI=1S/C22H20N2O3S2/c1-14-18(23-21(27-14)16-5-3-2-4-6-16)11-12-28-17-9-7-15(8-10-17)13-19-20(25)24-22(26)29-19/h2-10,19H,11-13H2,1H3,(H,24,25,26). The molecule has 1 N–H and O–H groups in total. The number of nitrogens with zero attached hydrogens (tertiary/aromatic N) is 1. The highest BCUT2D eigenvalue weighted by Crippen LogP contribution is 2.26. The lowest BCUT2D eigenvalue weighted by Gasteiger charge is -2.06. The van der Waals surface area contributed by atoms with Gasteiger partial charge in [0.2, 0.25) is 11.8 Å². The van der Waals surface area contributed by atoms with E-state index < -0.39 is 0 Å². The summed E-state index contributed by atoms with van der Waals surface area (Å²) in [4.78, 5) is 28.8. The zero-order valence-electron chi connectivity index (χ0n) is 15.9. The van der Waals surface area contributed by atoms with Gasteiger partial charge in [-0.15, -0.1) is 11.8 Å². The molecule has 1 atom stereocenters. The smallest absolute Gasteiger partial charge is 0.286 e. The topological polar surface area (TPSA) is 72.2 Å². The van der Waals surface area contributed by atoms with E-state index in [1.54, 1.807) is 11.8 Å². The number of hydrogen-bond acceptors (Lipinski definition) is 6. The molecule has 29 heavy (non-hydrogen) atoms. The lowest BCUT2D eigenvalue weighted by atomic mass is 10.1. The summed E-state index contributed by atoms with van der Waals surface area (Å²) in [6.07, 6.45) is 1.39. The molecule has 0 bridgehead atoms. The Balaban J connectivity index is 1.30. The molecule has 3 aromatic rings. The van der Waals surface area contributed by atoms with Crippen molar-refractivity contribution in [3.05, 3.63) is 71.6 Å². The van der Waals surface area contributed by atoms with Gasteiger partial charge < -0.3 is 4.42 Å². The summed E-state index contributed by atoms with van der Waals surface area (Å²) in [5, 5.41) is 1.74. The van der Waals surface area contributed by atoms with Crippen LogP contribution in [-0.2, 0) is 17.6 Å². The van der Waals surface area contributed by atoms with Gasteiger partial charge >= 0.3 is 0 Å². The average molecular weight is 425 g/mol. The molecule has 1 unspecified atom stereocenters. The molecule has 1 aliphatic rings. The minimum absolute atomic E-state index is 0.198. The molecule has 0 saturated carbocycles. The van der Waals surface area contributed by atoms with Crippen LogP contribution in [-0.4, -0.2) is 27.1 Å². The van der Waals surface area contributed by atoms with Crippen molar-refractivity contribution in [1.82, 2.24) is 10.3 Å². The molecule has 1 fully saturated rings. The van der Waals surface area contributed by atoms with Gasteiger partial charge in [-0.25, -0.2) is 4.98 Å². The van der Waals surface area contributed by atoms with E-state index in [4.69, 9.17) is 4.42 Å². The lowest BCUT2D eigenvalue weighted by molar-refractivity contribution is -0.118. The third kappa shape index (κ3) is 4.92. The first-order chi connectivity index (χ1) is 14.1. The van der Waals surface area contributed by atoms with E-state index in [0.717, 1.165) is 51.4 Å². The first kappa shape index (κ1) is 19.8. The number of rotatable bonds is 7. The first-order valence-corrected chi connectivity index (χ1v) is 11.2. The van der Waals surface area contributed by atoms with Gasteiger partial charge in [0.05, 0.1) is 10.9 Å². The fourth-order valence-electron chi connectivity index (χ4n) is 3.09. The van der Waals surface area contributed by atoms with Crippen LogP contribution in [0.25, 0.3) is 11.5 Å². The number of aryl methyl sites for hydroxylation is 2. The van der Waals surface area contributed by atoms with E-state index in [2.05, 4.69) is 22.4 Å². The van der Waals surface area contributed by atoms with Gasteiger partial charge in [-0.3, -0.25) is 14.9 Å². The number of carbonyl (C=O) groups is 2. The average Bonchev–Trinajstić information content (AvgIpc) is 3.25. The summed E-state index contributed by atoms with van der Waals surface area (Å²) in [6, 6.07) is 18.1. The summed E-state index contributed by atoms with van der Waals surface area (Å²) < 4.78 is 5.82. The van der Waals surface area contributed by atoms with E-state index in [1.165, 1.54) is 0 Å².